The van der Waals surface area contributed by atoms with Crippen molar-refractivity contribution in [1.29, 1.82) is 0 Å². The van der Waals surface area contributed by atoms with E-state index in [-0.39, 0.29) is 28.7 Å². The molecular formula is C14H17NO3S2. The van der Waals surface area contributed by atoms with Crippen LogP contribution in [-0.2, 0) is 21.1 Å². The second kappa shape index (κ2) is 5.07. The quantitative estimate of drug-likeness (QED) is 0.827. The Morgan fingerprint density at radius 3 is 2.75 bits per heavy atom. The average molecular weight is 311 g/mol. The standard InChI is InChI=1S/C14H17NO3S2/c1-15(11-6-7-20(17,18)9-11)14(16)13-8-10-4-2-3-5-12(10)19-13/h2-5,11,13H,6-9H2,1H3/t11-,13-/m1/s1. The minimum atomic E-state index is -2.95. The second-order valence-electron chi connectivity index (χ2n) is 5.42. The number of thioether (sulfide) groups is 1. The first-order valence-electron chi connectivity index (χ1n) is 6.68. The molecule has 2 atom stereocenters. The number of nitrogens with zero attached hydrogens (tertiary/aromatic N) is 1. The largest absolute Gasteiger partial charge is 0.341 e. The van der Waals surface area contributed by atoms with Crippen molar-refractivity contribution in [2.75, 3.05) is 18.6 Å². The van der Waals surface area contributed by atoms with E-state index >= 15 is 0 Å². The second-order valence-corrected chi connectivity index (χ2v) is 8.90. The van der Waals surface area contributed by atoms with E-state index < -0.39 is 9.84 Å². The lowest BCUT2D eigenvalue weighted by molar-refractivity contribution is -0.130. The van der Waals surface area contributed by atoms with Crippen LogP contribution in [0.2, 0.25) is 0 Å². The van der Waals surface area contributed by atoms with Crippen molar-refractivity contribution in [1.82, 2.24) is 4.90 Å². The van der Waals surface area contributed by atoms with Crippen molar-refractivity contribution in [3.05, 3.63) is 29.8 Å². The molecule has 1 amide bonds. The van der Waals surface area contributed by atoms with Gasteiger partial charge in [0.2, 0.25) is 5.91 Å². The van der Waals surface area contributed by atoms with Gasteiger partial charge in [0, 0.05) is 18.0 Å². The van der Waals surface area contributed by atoms with Crippen LogP contribution >= 0.6 is 11.8 Å². The van der Waals surface area contributed by atoms with Crippen LogP contribution in [0.15, 0.2) is 29.2 Å². The highest BCUT2D eigenvalue weighted by Gasteiger charge is 2.37. The van der Waals surface area contributed by atoms with Crippen molar-refractivity contribution in [2.45, 2.75) is 29.0 Å². The maximum absolute atomic E-state index is 12.5. The monoisotopic (exact) mass is 311 g/mol. The Hall–Kier alpha value is -1.01. The lowest BCUT2D eigenvalue weighted by Gasteiger charge is -2.25. The van der Waals surface area contributed by atoms with Gasteiger partial charge in [0.05, 0.1) is 16.8 Å². The molecular weight excluding hydrogens is 294 g/mol. The van der Waals surface area contributed by atoms with Gasteiger partial charge in [0.15, 0.2) is 9.84 Å². The van der Waals surface area contributed by atoms with Gasteiger partial charge in [0.25, 0.3) is 0 Å². The summed E-state index contributed by atoms with van der Waals surface area (Å²) >= 11 is 1.59. The number of carbonyl (C=O) groups excluding carboxylic acids is 1. The maximum Gasteiger partial charge on any atom is 0.236 e. The van der Waals surface area contributed by atoms with Crippen molar-refractivity contribution in [3.8, 4) is 0 Å². The first-order chi connectivity index (χ1) is 9.46. The molecule has 20 heavy (non-hydrogen) atoms. The Morgan fingerprint density at radius 2 is 2.10 bits per heavy atom. The molecule has 4 nitrogen and oxygen atoms in total. The van der Waals surface area contributed by atoms with Crippen LogP contribution in [0.3, 0.4) is 0 Å². The van der Waals surface area contributed by atoms with E-state index in [1.54, 1.807) is 23.7 Å². The summed E-state index contributed by atoms with van der Waals surface area (Å²) < 4.78 is 23.0. The molecule has 1 aromatic rings. The van der Waals surface area contributed by atoms with Crippen LogP contribution in [0.5, 0.6) is 0 Å². The Morgan fingerprint density at radius 1 is 1.35 bits per heavy atom. The summed E-state index contributed by atoms with van der Waals surface area (Å²) in [7, 11) is -1.22. The molecule has 0 spiro atoms. The first-order valence-corrected chi connectivity index (χ1v) is 9.38. The number of sulfone groups is 1. The van der Waals surface area contributed by atoms with E-state index in [0.717, 1.165) is 6.42 Å². The van der Waals surface area contributed by atoms with Crippen molar-refractivity contribution in [3.63, 3.8) is 0 Å². The van der Waals surface area contributed by atoms with E-state index in [4.69, 9.17) is 0 Å². The number of amides is 1. The third-order valence-electron chi connectivity index (χ3n) is 4.03. The highest BCUT2D eigenvalue weighted by Crippen LogP contribution is 2.37. The molecule has 0 bridgehead atoms. The topological polar surface area (TPSA) is 54.5 Å². The van der Waals surface area contributed by atoms with E-state index in [2.05, 4.69) is 6.07 Å². The Bertz CT molecular complexity index is 617. The summed E-state index contributed by atoms with van der Waals surface area (Å²) in [5, 5.41) is -0.110. The van der Waals surface area contributed by atoms with Crippen molar-refractivity contribution >= 4 is 27.5 Å². The highest BCUT2D eigenvalue weighted by atomic mass is 32.2. The third kappa shape index (κ3) is 2.59. The first kappa shape index (κ1) is 13.9. The fourth-order valence-electron chi connectivity index (χ4n) is 2.81. The average Bonchev–Trinajstić information content (AvgIpc) is 3.00. The van der Waals surface area contributed by atoms with Crippen molar-refractivity contribution < 1.29 is 13.2 Å². The summed E-state index contributed by atoms with van der Waals surface area (Å²) in [6.45, 7) is 0. The number of hydrogen-bond acceptors (Lipinski definition) is 4. The molecule has 0 saturated carbocycles. The van der Waals surface area contributed by atoms with Gasteiger partial charge in [-0.15, -0.1) is 11.8 Å². The van der Waals surface area contributed by atoms with E-state index in [1.807, 2.05) is 18.2 Å². The van der Waals surface area contributed by atoms with Crippen LogP contribution < -0.4 is 0 Å². The van der Waals surface area contributed by atoms with Gasteiger partial charge in [-0.1, -0.05) is 18.2 Å². The molecule has 0 aromatic heterocycles. The van der Waals surface area contributed by atoms with Gasteiger partial charge >= 0.3 is 0 Å². The maximum atomic E-state index is 12.5. The zero-order valence-electron chi connectivity index (χ0n) is 11.3. The molecule has 0 aliphatic carbocycles. The normalized spacial score (nSPS) is 27.2. The summed E-state index contributed by atoms with van der Waals surface area (Å²) in [6.07, 6.45) is 1.30. The smallest absolute Gasteiger partial charge is 0.236 e. The zero-order valence-corrected chi connectivity index (χ0v) is 12.9. The van der Waals surface area contributed by atoms with Gasteiger partial charge in [-0.2, -0.15) is 0 Å². The van der Waals surface area contributed by atoms with Crippen molar-refractivity contribution in [2.24, 2.45) is 0 Å². The Kier molecular flexibility index (Phi) is 3.54. The fourth-order valence-corrected chi connectivity index (χ4v) is 5.88. The minimum Gasteiger partial charge on any atom is -0.341 e. The molecule has 1 saturated heterocycles. The van der Waals surface area contributed by atoms with E-state index in [0.29, 0.717) is 6.42 Å². The number of rotatable bonds is 2. The fraction of sp³-hybridized carbons (Fsp3) is 0.500. The minimum absolute atomic E-state index is 0.0494. The number of carbonyl (C=O) groups is 1. The summed E-state index contributed by atoms with van der Waals surface area (Å²) in [5.74, 6) is 0.362. The lowest BCUT2D eigenvalue weighted by Crippen LogP contribution is -2.42. The summed E-state index contributed by atoms with van der Waals surface area (Å²) in [5.41, 5.74) is 1.21. The SMILES string of the molecule is CN(C(=O)[C@H]1Cc2ccccc2S1)[C@@H]1CCS(=O)(=O)C1. The Balaban J connectivity index is 1.69. The summed E-state index contributed by atoms with van der Waals surface area (Å²) in [4.78, 5) is 15.3. The molecule has 2 aliphatic rings. The zero-order chi connectivity index (χ0) is 14.3. The van der Waals surface area contributed by atoms with E-state index in [9.17, 15) is 13.2 Å². The van der Waals surface area contributed by atoms with Gasteiger partial charge in [-0.05, 0) is 24.5 Å². The molecule has 0 N–H and O–H groups in total. The van der Waals surface area contributed by atoms with Gasteiger partial charge < -0.3 is 4.90 Å². The number of benzene rings is 1. The molecule has 6 heteroatoms. The van der Waals surface area contributed by atoms with Gasteiger partial charge in [-0.3, -0.25) is 4.79 Å². The molecule has 0 radical (unpaired) electrons. The summed E-state index contributed by atoms with van der Waals surface area (Å²) in [6, 6.07) is 7.89. The van der Waals surface area contributed by atoms with Crippen LogP contribution in [0.25, 0.3) is 0 Å². The third-order valence-corrected chi connectivity index (χ3v) is 7.08. The number of fused-ring (bicyclic) bond motifs is 1. The van der Waals surface area contributed by atoms with Crippen LogP contribution in [-0.4, -0.2) is 49.1 Å². The van der Waals surface area contributed by atoms with Gasteiger partial charge in [0.1, 0.15) is 0 Å². The molecule has 108 valence electrons. The predicted molar refractivity (Wildman–Crippen MR) is 79.6 cm³/mol. The van der Waals surface area contributed by atoms with Crippen LogP contribution in [0.4, 0.5) is 0 Å². The lowest BCUT2D eigenvalue weighted by atomic mass is 10.1. The Labute approximate surface area is 123 Å². The molecule has 3 rings (SSSR count). The van der Waals surface area contributed by atoms with Crippen LogP contribution in [0, 0.1) is 0 Å². The number of hydrogen-bond donors (Lipinski definition) is 0. The molecule has 0 unspecified atom stereocenters. The van der Waals surface area contributed by atoms with Gasteiger partial charge in [-0.25, -0.2) is 8.42 Å². The molecule has 1 fully saturated rings. The predicted octanol–water partition coefficient (Wildman–Crippen LogP) is 1.35. The molecule has 1 aromatic carbocycles. The van der Waals surface area contributed by atoms with E-state index in [1.165, 1.54) is 10.5 Å². The molecule has 2 aliphatic heterocycles. The van der Waals surface area contributed by atoms with Crippen LogP contribution in [0.1, 0.15) is 12.0 Å². The molecule has 2 heterocycles. The highest BCUT2D eigenvalue weighted by molar-refractivity contribution is 8.01.